The minimum atomic E-state index is -4.76. The van der Waals surface area contributed by atoms with Crippen molar-refractivity contribution >= 4 is 11.6 Å². The van der Waals surface area contributed by atoms with E-state index < -0.39 is 28.8 Å². The van der Waals surface area contributed by atoms with Crippen molar-refractivity contribution in [3.05, 3.63) is 39.4 Å². The van der Waals surface area contributed by atoms with Crippen LogP contribution >= 0.6 is 0 Å². The summed E-state index contributed by atoms with van der Waals surface area (Å²) in [7, 11) is 1.67. The maximum absolute atomic E-state index is 13.4. The number of likely N-dealkylation sites (tertiary alicyclic amines) is 1. The molecule has 1 aromatic rings. The third-order valence-corrected chi connectivity index (χ3v) is 6.15. The van der Waals surface area contributed by atoms with Crippen LogP contribution in [-0.2, 0) is 17.4 Å². The molecule has 6 nitrogen and oxygen atoms in total. The number of benzene rings is 1. The number of amides is 1. The fourth-order valence-corrected chi connectivity index (χ4v) is 4.61. The molecular formula is C20H26F3N3O3. The van der Waals surface area contributed by atoms with Gasteiger partial charge in [0, 0.05) is 31.3 Å². The van der Waals surface area contributed by atoms with Crippen LogP contribution in [0.3, 0.4) is 0 Å². The molecule has 1 aliphatic heterocycles. The van der Waals surface area contributed by atoms with Gasteiger partial charge >= 0.3 is 6.18 Å². The summed E-state index contributed by atoms with van der Waals surface area (Å²) < 4.78 is 40.2. The molecule has 160 valence electrons. The van der Waals surface area contributed by atoms with Crippen molar-refractivity contribution in [1.29, 1.82) is 0 Å². The van der Waals surface area contributed by atoms with Crippen LogP contribution in [0.5, 0.6) is 0 Å². The molecule has 1 heterocycles. The number of rotatable bonds is 5. The van der Waals surface area contributed by atoms with Crippen LogP contribution in [-0.4, -0.2) is 52.9 Å². The van der Waals surface area contributed by atoms with Crippen LogP contribution in [0.15, 0.2) is 18.2 Å². The van der Waals surface area contributed by atoms with E-state index in [4.69, 9.17) is 0 Å². The number of hydrogen-bond donors (Lipinski definition) is 0. The van der Waals surface area contributed by atoms with Crippen LogP contribution in [0, 0.1) is 10.1 Å². The maximum atomic E-state index is 13.4. The quantitative estimate of drug-likeness (QED) is 0.540. The molecule has 1 amide bonds. The Kier molecular flexibility index (Phi) is 6.45. The topological polar surface area (TPSA) is 66.7 Å². The Morgan fingerprint density at radius 1 is 1.21 bits per heavy atom. The SMILES string of the molecule is CN(C(=O)Cc1ccc([N+](=O)[O-])cc1C(F)(F)F)[C@@H]1CCCC[C@H]1N1CCCC1. The highest BCUT2D eigenvalue weighted by Crippen LogP contribution is 2.35. The molecule has 2 atom stereocenters. The van der Waals surface area contributed by atoms with Gasteiger partial charge in [0.05, 0.1) is 16.9 Å². The van der Waals surface area contributed by atoms with Gasteiger partial charge in [-0.2, -0.15) is 13.2 Å². The predicted molar refractivity (Wildman–Crippen MR) is 101 cm³/mol. The number of non-ortho nitro benzene ring substituents is 1. The number of hydrogen-bond acceptors (Lipinski definition) is 4. The molecule has 0 radical (unpaired) electrons. The zero-order chi connectivity index (χ0) is 21.2. The Morgan fingerprint density at radius 3 is 2.48 bits per heavy atom. The Labute approximate surface area is 167 Å². The normalized spacial score (nSPS) is 23.2. The third kappa shape index (κ3) is 4.88. The average Bonchev–Trinajstić information content (AvgIpc) is 3.21. The fourth-order valence-electron chi connectivity index (χ4n) is 4.61. The summed E-state index contributed by atoms with van der Waals surface area (Å²) >= 11 is 0. The standard InChI is InChI=1S/C20H26F3N3O3/c1-24(17-6-2-3-7-18(17)25-10-4-5-11-25)19(27)12-14-8-9-15(26(28)29)13-16(14)20(21,22)23/h8-9,13,17-18H,2-7,10-12H2,1H3/t17-,18-/m1/s1. The lowest BCUT2D eigenvalue weighted by atomic mass is 9.88. The van der Waals surface area contributed by atoms with Crippen molar-refractivity contribution in [3.8, 4) is 0 Å². The van der Waals surface area contributed by atoms with Crippen molar-refractivity contribution in [2.24, 2.45) is 0 Å². The Balaban J connectivity index is 1.79. The van der Waals surface area contributed by atoms with Crippen LogP contribution in [0.25, 0.3) is 0 Å². The highest BCUT2D eigenvalue weighted by atomic mass is 19.4. The van der Waals surface area contributed by atoms with Gasteiger partial charge in [-0.15, -0.1) is 0 Å². The molecule has 0 spiro atoms. The molecule has 0 bridgehead atoms. The molecule has 29 heavy (non-hydrogen) atoms. The first kappa shape index (κ1) is 21.5. The number of likely N-dealkylation sites (N-methyl/N-ethyl adjacent to an activating group) is 1. The number of alkyl halides is 3. The summed E-state index contributed by atoms with van der Waals surface area (Å²) in [6.45, 7) is 2.01. The summed E-state index contributed by atoms with van der Waals surface area (Å²) in [4.78, 5) is 26.9. The van der Waals surface area contributed by atoms with E-state index in [0.29, 0.717) is 6.07 Å². The first-order valence-corrected chi connectivity index (χ1v) is 10.0. The second-order valence-corrected chi connectivity index (χ2v) is 7.94. The highest BCUT2D eigenvalue weighted by Gasteiger charge is 2.38. The van der Waals surface area contributed by atoms with Crippen molar-refractivity contribution in [2.75, 3.05) is 20.1 Å². The van der Waals surface area contributed by atoms with E-state index in [1.54, 1.807) is 11.9 Å². The van der Waals surface area contributed by atoms with E-state index in [0.717, 1.165) is 63.7 Å². The summed E-state index contributed by atoms with van der Waals surface area (Å²) in [5.74, 6) is -0.388. The van der Waals surface area contributed by atoms with Crippen molar-refractivity contribution in [1.82, 2.24) is 9.80 Å². The van der Waals surface area contributed by atoms with Crippen LogP contribution in [0.4, 0.5) is 18.9 Å². The van der Waals surface area contributed by atoms with Gasteiger partial charge in [-0.1, -0.05) is 18.9 Å². The fraction of sp³-hybridized carbons (Fsp3) is 0.650. The first-order chi connectivity index (χ1) is 13.7. The zero-order valence-corrected chi connectivity index (χ0v) is 16.5. The van der Waals surface area contributed by atoms with Crippen molar-refractivity contribution in [3.63, 3.8) is 0 Å². The van der Waals surface area contributed by atoms with E-state index in [9.17, 15) is 28.1 Å². The molecular weight excluding hydrogens is 387 g/mol. The second kappa shape index (κ2) is 8.69. The number of carbonyl (C=O) groups excluding carboxylic acids is 1. The Hall–Kier alpha value is -2.16. The molecule has 2 fully saturated rings. The van der Waals surface area contributed by atoms with Gasteiger partial charge in [0.1, 0.15) is 0 Å². The Morgan fingerprint density at radius 2 is 1.86 bits per heavy atom. The summed E-state index contributed by atoms with van der Waals surface area (Å²) in [5, 5.41) is 10.8. The number of halogens is 3. The molecule has 3 rings (SSSR count). The third-order valence-electron chi connectivity index (χ3n) is 6.15. The lowest BCUT2D eigenvalue weighted by Crippen LogP contribution is -2.53. The van der Waals surface area contributed by atoms with E-state index in [2.05, 4.69) is 4.90 Å². The molecule has 1 aromatic carbocycles. The summed E-state index contributed by atoms with van der Waals surface area (Å²) in [6, 6.07) is 2.81. The molecule has 0 N–H and O–H groups in total. The zero-order valence-electron chi connectivity index (χ0n) is 16.5. The van der Waals surface area contributed by atoms with Crippen molar-refractivity contribution in [2.45, 2.75) is 63.2 Å². The smallest absolute Gasteiger partial charge is 0.341 e. The number of nitro groups is 1. The lowest BCUT2D eigenvalue weighted by Gasteiger charge is -2.42. The van der Waals surface area contributed by atoms with Gasteiger partial charge in [0.2, 0.25) is 5.91 Å². The van der Waals surface area contributed by atoms with Crippen LogP contribution in [0.1, 0.15) is 49.7 Å². The number of carbonyl (C=O) groups is 1. The van der Waals surface area contributed by atoms with E-state index in [1.165, 1.54) is 0 Å². The molecule has 2 aliphatic rings. The molecule has 1 aliphatic carbocycles. The molecule has 0 aromatic heterocycles. The first-order valence-electron chi connectivity index (χ1n) is 10.0. The predicted octanol–water partition coefficient (Wildman–Crippen LogP) is 4.02. The largest absolute Gasteiger partial charge is 0.416 e. The van der Waals surface area contributed by atoms with Gasteiger partial charge in [-0.25, -0.2) is 0 Å². The van der Waals surface area contributed by atoms with E-state index in [-0.39, 0.29) is 23.6 Å². The molecule has 9 heteroatoms. The molecule has 1 saturated heterocycles. The van der Waals surface area contributed by atoms with Gasteiger partial charge in [-0.3, -0.25) is 19.8 Å². The average molecular weight is 413 g/mol. The minimum Gasteiger partial charge on any atom is -0.341 e. The summed E-state index contributed by atoms with van der Waals surface area (Å²) in [5.41, 5.74) is -1.98. The molecule has 0 unspecified atom stereocenters. The molecule has 1 saturated carbocycles. The van der Waals surface area contributed by atoms with Gasteiger partial charge in [-0.05, 0) is 44.3 Å². The van der Waals surface area contributed by atoms with E-state index >= 15 is 0 Å². The highest BCUT2D eigenvalue weighted by molar-refractivity contribution is 5.79. The maximum Gasteiger partial charge on any atom is 0.416 e. The monoisotopic (exact) mass is 413 g/mol. The van der Waals surface area contributed by atoms with Gasteiger partial charge < -0.3 is 4.90 Å². The number of nitro benzene ring substituents is 1. The second-order valence-electron chi connectivity index (χ2n) is 7.94. The van der Waals surface area contributed by atoms with Crippen molar-refractivity contribution < 1.29 is 22.9 Å². The van der Waals surface area contributed by atoms with E-state index in [1.807, 2.05) is 0 Å². The van der Waals surface area contributed by atoms with Crippen LogP contribution < -0.4 is 0 Å². The van der Waals surface area contributed by atoms with Gasteiger partial charge in [0.25, 0.3) is 5.69 Å². The van der Waals surface area contributed by atoms with Gasteiger partial charge in [0.15, 0.2) is 0 Å². The van der Waals surface area contributed by atoms with Crippen LogP contribution in [0.2, 0.25) is 0 Å². The lowest BCUT2D eigenvalue weighted by molar-refractivity contribution is -0.385. The summed E-state index contributed by atoms with van der Waals surface area (Å²) in [6.07, 6.45) is 1.02. The minimum absolute atomic E-state index is 0.0123. The Bertz CT molecular complexity index is 763. The number of nitrogens with zero attached hydrogens (tertiary/aromatic N) is 3.